The first-order valence-corrected chi connectivity index (χ1v) is 8.32. The highest BCUT2D eigenvalue weighted by Crippen LogP contribution is 2.21. The zero-order chi connectivity index (χ0) is 17.3. The van der Waals surface area contributed by atoms with Crippen LogP contribution in [0.15, 0.2) is 29.2 Å². The summed E-state index contributed by atoms with van der Waals surface area (Å²) in [5, 5.41) is 3.21. The third-order valence-electron chi connectivity index (χ3n) is 4.41. The fourth-order valence-electron chi connectivity index (χ4n) is 3.12. The van der Waals surface area contributed by atoms with Gasteiger partial charge in [-0.05, 0) is 38.8 Å². The van der Waals surface area contributed by atoms with E-state index in [9.17, 15) is 9.59 Å². The monoisotopic (exact) mass is 329 g/mol. The molecule has 0 bridgehead atoms. The van der Waals surface area contributed by atoms with Gasteiger partial charge in [0.05, 0.1) is 17.0 Å². The van der Waals surface area contributed by atoms with Gasteiger partial charge >= 0.3 is 0 Å². The first-order valence-electron chi connectivity index (χ1n) is 8.32. The van der Waals surface area contributed by atoms with Crippen molar-refractivity contribution in [3.05, 3.63) is 40.2 Å². The maximum Gasteiger partial charge on any atom is 0.256 e. The van der Waals surface area contributed by atoms with Crippen molar-refractivity contribution in [2.24, 2.45) is 0 Å². The van der Waals surface area contributed by atoms with Gasteiger partial charge in [-0.15, -0.1) is 0 Å². The maximum atomic E-state index is 12.8. The van der Waals surface area contributed by atoms with Crippen molar-refractivity contribution in [3.63, 3.8) is 0 Å². The number of nitrogen functional groups attached to an aromatic ring is 1. The number of rotatable bonds is 4. The van der Waals surface area contributed by atoms with Crippen LogP contribution in [0.1, 0.15) is 43.1 Å². The summed E-state index contributed by atoms with van der Waals surface area (Å²) in [6.45, 7) is 5.15. The smallest absolute Gasteiger partial charge is 0.256 e. The number of nitrogens with zero attached hydrogens (tertiary/aromatic N) is 1. The second-order valence-electron chi connectivity index (χ2n) is 6.46. The summed E-state index contributed by atoms with van der Waals surface area (Å²) in [6.07, 6.45) is 3.60. The minimum absolute atomic E-state index is 0.0341. The second-order valence-corrected chi connectivity index (χ2v) is 6.46. The Balaban J connectivity index is 2.00. The molecule has 0 aliphatic carbocycles. The van der Waals surface area contributed by atoms with Crippen LogP contribution in [-0.4, -0.2) is 29.7 Å². The van der Waals surface area contributed by atoms with Crippen LogP contribution in [0.3, 0.4) is 0 Å². The van der Waals surface area contributed by atoms with Gasteiger partial charge in [0.25, 0.3) is 5.91 Å². The number of hydrogen-bond donors (Lipinski definition) is 2. The normalized spacial score (nSPS) is 17.5. The molecule has 3 N–H and O–H groups in total. The molecule has 24 heavy (non-hydrogen) atoms. The number of fused-ring (bicyclic) bond motifs is 1. The highest BCUT2D eigenvalue weighted by Gasteiger charge is 2.20. The molecule has 1 saturated heterocycles. The molecule has 0 spiro atoms. The topological polar surface area (TPSA) is 86.4 Å². The van der Waals surface area contributed by atoms with Crippen LogP contribution in [0.25, 0.3) is 10.9 Å². The van der Waals surface area contributed by atoms with Crippen LogP contribution in [0.2, 0.25) is 0 Å². The van der Waals surface area contributed by atoms with Crippen LogP contribution >= 0.6 is 0 Å². The molecular formula is C18H23N3O3. The highest BCUT2D eigenvalue weighted by atomic mass is 16.5. The van der Waals surface area contributed by atoms with E-state index in [0.717, 1.165) is 25.0 Å². The van der Waals surface area contributed by atoms with Crippen molar-refractivity contribution in [1.82, 2.24) is 9.88 Å². The maximum absolute atomic E-state index is 12.8. The molecule has 128 valence electrons. The van der Waals surface area contributed by atoms with Gasteiger partial charge < -0.3 is 20.4 Å². The van der Waals surface area contributed by atoms with Gasteiger partial charge in [-0.3, -0.25) is 9.59 Å². The number of hydrogen-bond acceptors (Lipinski definition) is 4. The predicted octanol–water partition coefficient (Wildman–Crippen LogP) is 2.07. The van der Waals surface area contributed by atoms with E-state index >= 15 is 0 Å². The van der Waals surface area contributed by atoms with E-state index in [4.69, 9.17) is 10.5 Å². The van der Waals surface area contributed by atoms with Crippen molar-refractivity contribution in [1.29, 1.82) is 0 Å². The Morgan fingerprint density at radius 2 is 2.25 bits per heavy atom. The third kappa shape index (κ3) is 3.01. The average molecular weight is 329 g/mol. The number of aromatic nitrogens is 1. The summed E-state index contributed by atoms with van der Waals surface area (Å²) in [6, 6.07) is 5.44. The Bertz CT molecular complexity index is 820. The number of nitrogens with two attached hydrogens (primary N) is 1. The minimum Gasteiger partial charge on any atom is -0.398 e. The SMILES string of the molecule is CC(C)n1cc(C(=O)NCC2CCCO2)c(=O)c2c(N)cccc21. The Morgan fingerprint density at radius 3 is 2.92 bits per heavy atom. The molecule has 1 aromatic carbocycles. The number of nitrogens with one attached hydrogen (secondary N) is 1. The average Bonchev–Trinajstić information content (AvgIpc) is 3.06. The fourth-order valence-corrected chi connectivity index (χ4v) is 3.12. The molecule has 1 aliphatic rings. The Kier molecular flexibility index (Phi) is 4.57. The van der Waals surface area contributed by atoms with Crippen molar-refractivity contribution in [2.45, 2.75) is 38.8 Å². The first-order chi connectivity index (χ1) is 11.5. The lowest BCUT2D eigenvalue weighted by atomic mass is 10.1. The molecule has 1 fully saturated rings. The zero-order valence-corrected chi connectivity index (χ0v) is 14.0. The number of amides is 1. The lowest BCUT2D eigenvalue weighted by Gasteiger charge is -2.18. The summed E-state index contributed by atoms with van der Waals surface area (Å²) < 4.78 is 7.41. The quantitative estimate of drug-likeness (QED) is 0.841. The van der Waals surface area contributed by atoms with Crippen molar-refractivity contribution in [3.8, 4) is 0 Å². The van der Waals surface area contributed by atoms with E-state index in [1.807, 2.05) is 30.5 Å². The number of carbonyl (C=O) groups is 1. The Labute approximate surface area is 140 Å². The van der Waals surface area contributed by atoms with E-state index in [1.54, 1.807) is 12.3 Å². The molecular weight excluding hydrogens is 306 g/mol. The summed E-state index contributed by atoms with van der Waals surface area (Å²) in [7, 11) is 0. The van der Waals surface area contributed by atoms with E-state index in [1.165, 1.54) is 0 Å². The first kappa shape index (κ1) is 16.5. The summed E-state index contributed by atoms with van der Waals surface area (Å²) >= 11 is 0. The summed E-state index contributed by atoms with van der Waals surface area (Å²) in [4.78, 5) is 25.3. The summed E-state index contributed by atoms with van der Waals surface area (Å²) in [5.74, 6) is -0.380. The molecule has 2 heterocycles. The molecule has 1 amide bonds. The molecule has 2 aromatic rings. The van der Waals surface area contributed by atoms with E-state index in [-0.39, 0.29) is 29.0 Å². The van der Waals surface area contributed by atoms with E-state index in [2.05, 4.69) is 5.32 Å². The molecule has 6 heteroatoms. The van der Waals surface area contributed by atoms with Crippen molar-refractivity contribution >= 4 is 22.5 Å². The lowest BCUT2D eigenvalue weighted by Crippen LogP contribution is -2.35. The van der Waals surface area contributed by atoms with Gasteiger partial charge in [0.1, 0.15) is 5.56 Å². The van der Waals surface area contributed by atoms with Crippen molar-refractivity contribution in [2.75, 3.05) is 18.9 Å². The Hall–Kier alpha value is -2.34. The largest absolute Gasteiger partial charge is 0.398 e. The molecule has 3 rings (SSSR count). The number of pyridine rings is 1. The summed E-state index contributed by atoms with van der Waals surface area (Å²) in [5.41, 5.74) is 6.92. The van der Waals surface area contributed by atoms with E-state index in [0.29, 0.717) is 17.6 Å². The molecule has 6 nitrogen and oxygen atoms in total. The van der Waals surface area contributed by atoms with Crippen LogP contribution in [-0.2, 0) is 4.74 Å². The third-order valence-corrected chi connectivity index (χ3v) is 4.41. The molecule has 0 radical (unpaired) electrons. The minimum atomic E-state index is -0.380. The van der Waals surface area contributed by atoms with Crippen LogP contribution in [0.4, 0.5) is 5.69 Å². The fraction of sp³-hybridized carbons (Fsp3) is 0.444. The molecule has 1 aromatic heterocycles. The number of benzene rings is 1. The molecule has 1 atom stereocenters. The standard InChI is InChI=1S/C18H23N3O3/c1-11(2)21-10-13(18(23)20-9-12-5-4-8-24-12)17(22)16-14(19)6-3-7-15(16)21/h3,6-7,10-12H,4-5,8-9,19H2,1-2H3,(H,20,23). The van der Waals surface area contributed by atoms with Gasteiger partial charge in [-0.25, -0.2) is 0 Å². The van der Waals surface area contributed by atoms with Gasteiger partial charge in [0.2, 0.25) is 5.43 Å². The predicted molar refractivity (Wildman–Crippen MR) is 94.3 cm³/mol. The number of ether oxygens (including phenoxy) is 1. The molecule has 1 unspecified atom stereocenters. The zero-order valence-electron chi connectivity index (χ0n) is 14.0. The second kappa shape index (κ2) is 6.65. The van der Waals surface area contributed by atoms with E-state index < -0.39 is 0 Å². The molecule has 1 aliphatic heterocycles. The van der Waals surface area contributed by atoms with Gasteiger partial charge in [-0.1, -0.05) is 6.07 Å². The van der Waals surface area contributed by atoms with Crippen LogP contribution in [0, 0.1) is 0 Å². The van der Waals surface area contributed by atoms with Gasteiger partial charge in [0.15, 0.2) is 0 Å². The van der Waals surface area contributed by atoms with Crippen LogP contribution < -0.4 is 16.5 Å². The number of anilines is 1. The number of carbonyl (C=O) groups excluding carboxylic acids is 1. The van der Waals surface area contributed by atoms with Crippen LogP contribution in [0.5, 0.6) is 0 Å². The van der Waals surface area contributed by atoms with Crippen molar-refractivity contribution < 1.29 is 9.53 Å². The van der Waals surface area contributed by atoms with Gasteiger partial charge in [-0.2, -0.15) is 0 Å². The lowest BCUT2D eigenvalue weighted by molar-refractivity contribution is 0.0856. The molecule has 0 saturated carbocycles. The highest BCUT2D eigenvalue weighted by molar-refractivity contribution is 6.00. The van der Waals surface area contributed by atoms with Gasteiger partial charge in [0, 0.05) is 31.1 Å². The Morgan fingerprint density at radius 1 is 1.46 bits per heavy atom.